The molecule has 2 aromatic carbocycles. The topological polar surface area (TPSA) is 75.5 Å². The zero-order chi connectivity index (χ0) is 22.0. The average Bonchev–Trinajstić information content (AvgIpc) is 3.08. The Hall–Kier alpha value is -3.94. The molecule has 2 heterocycles. The van der Waals surface area contributed by atoms with Gasteiger partial charge in [0.25, 0.3) is 0 Å². The predicted molar refractivity (Wildman–Crippen MR) is 112 cm³/mol. The summed E-state index contributed by atoms with van der Waals surface area (Å²) >= 11 is 0. The van der Waals surface area contributed by atoms with Crippen molar-refractivity contribution in [3.05, 3.63) is 77.4 Å². The summed E-state index contributed by atoms with van der Waals surface area (Å²) in [7, 11) is 3.04. The summed E-state index contributed by atoms with van der Waals surface area (Å²) in [6, 6.07) is 15.0. The first-order chi connectivity index (χ1) is 14.9. The largest absolute Gasteiger partial charge is 0.486 e. The molecule has 4 rings (SSSR count). The summed E-state index contributed by atoms with van der Waals surface area (Å²) in [5.74, 6) is 0.679. The molecule has 4 aromatic rings. The number of pyridine rings is 1. The molecule has 0 radical (unpaired) electrons. The fourth-order valence-corrected chi connectivity index (χ4v) is 3.04. The molecule has 31 heavy (non-hydrogen) atoms. The number of hydrogen-bond acceptors (Lipinski definition) is 6. The average molecular weight is 421 g/mol. The number of ether oxygens (including phenoxy) is 3. The molecule has 0 spiro atoms. The SMILES string of the molecule is COC(=O)c1cc(F)cc(OCc2nc3ccc(Oc4ccc(C)cc4)nc3n2C)c1. The molecule has 8 heteroatoms. The van der Waals surface area contributed by atoms with Gasteiger partial charge in [0.2, 0.25) is 5.88 Å². The molecule has 0 unspecified atom stereocenters. The van der Waals surface area contributed by atoms with Gasteiger partial charge < -0.3 is 18.8 Å². The van der Waals surface area contributed by atoms with E-state index in [1.165, 1.54) is 19.2 Å². The van der Waals surface area contributed by atoms with Crippen LogP contribution < -0.4 is 9.47 Å². The first-order valence-electron chi connectivity index (χ1n) is 9.51. The van der Waals surface area contributed by atoms with Gasteiger partial charge in [0, 0.05) is 19.2 Å². The highest BCUT2D eigenvalue weighted by molar-refractivity contribution is 5.89. The molecule has 0 aliphatic rings. The first-order valence-corrected chi connectivity index (χ1v) is 9.51. The van der Waals surface area contributed by atoms with E-state index in [2.05, 4.69) is 14.7 Å². The number of esters is 1. The number of carbonyl (C=O) groups is 1. The Bertz CT molecular complexity index is 1250. The minimum atomic E-state index is -0.641. The lowest BCUT2D eigenvalue weighted by atomic mass is 10.2. The van der Waals surface area contributed by atoms with Gasteiger partial charge >= 0.3 is 5.97 Å². The number of hydrogen-bond donors (Lipinski definition) is 0. The molecule has 2 aromatic heterocycles. The van der Waals surface area contributed by atoms with E-state index in [-0.39, 0.29) is 17.9 Å². The van der Waals surface area contributed by atoms with Gasteiger partial charge in [0.1, 0.15) is 35.3 Å². The molecule has 0 aliphatic carbocycles. The second-order valence-corrected chi connectivity index (χ2v) is 6.95. The molecule has 0 aliphatic heterocycles. The molecule has 158 valence electrons. The summed E-state index contributed by atoms with van der Waals surface area (Å²) in [4.78, 5) is 20.7. The van der Waals surface area contributed by atoms with Crippen LogP contribution in [0.2, 0.25) is 0 Å². The Labute approximate surface area is 178 Å². The number of carbonyl (C=O) groups excluding carboxylic acids is 1. The molecular formula is C23H20FN3O4. The van der Waals surface area contributed by atoms with Crippen molar-refractivity contribution in [2.24, 2.45) is 7.05 Å². The van der Waals surface area contributed by atoms with E-state index < -0.39 is 11.8 Å². The molecule has 0 fully saturated rings. The second-order valence-electron chi connectivity index (χ2n) is 6.95. The van der Waals surface area contributed by atoms with E-state index in [9.17, 15) is 9.18 Å². The minimum absolute atomic E-state index is 0.0606. The maximum Gasteiger partial charge on any atom is 0.338 e. The van der Waals surface area contributed by atoms with Crippen molar-refractivity contribution in [1.29, 1.82) is 0 Å². The molecule has 0 amide bonds. The van der Waals surface area contributed by atoms with E-state index in [1.54, 1.807) is 10.6 Å². The van der Waals surface area contributed by atoms with E-state index in [1.807, 2.05) is 44.3 Å². The Kier molecular flexibility index (Phi) is 5.53. The number of rotatable bonds is 6. The standard InChI is InChI=1S/C23H20FN3O4/c1-14-4-6-17(7-5-14)31-21-9-8-19-22(26-21)27(2)20(25-19)13-30-18-11-15(23(28)29-3)10-16(24)12-18/h4-12H,13H2,1-3H3. The minimum Gasteiger partial charge on any atom is -0.486 e. The van der Waals surface area contributed by atoms with Crippen molar-refractivity contribution in [3.8, 4) is 17.4 Å². The number of aryl methyl sites for hydroxylation is 2. The molecule has 0 N–H and O–H groups in total. The van der Waals surface area contributed by atoms with Crippen LogP contribution >= 0.6 is 0 Å². The van der Waals surface area contributed by atoms with Crippen molar-refractivity contribution in [3.63, 3.8) is 0 Å². The number of nitrogens with zero attached hydrogens (tertiary/aromatic N) is 3. The number of imidazole rings is 1. The Morgan fingerprint density at radius 1 is 1.03 bits per heavy atom. The highest BCUT2D eigenvalue weighted by Gasteiger charge is 2.13. The molecule has 0 saturated heterocycles. The summed E-state index contributed by atoms with van der Waals surface area (Å²) in [6.45, 7) is 2.07. The lowest BCUT2D eigenvalue weighted by Crippen LogP contribution is -2.06. The Morgan fingerprint density at radius 2 is 1.81 bits per heavy atom. The van der Waals surface area contributed by atoms with Gasteiger partial charge in [-0.15, -0.1) is 0 Å². The van der Waals surface area contributed by atoms with Crippen LogP contribution in [0.4, 0.5) is 4.39 Å². The van der Waals surface area contributed by atoms with Crippen LogP contribution in [0.5, 0.6) is 17.4 Å². The maximum atomic E-state index is 13.8. The lowest BCUT2D eigenvalue weighted by molar-refractivity contribution is 0.0599. The quantitative estimate of drug-likeness (QED) is 0.425. The van der Waals surface area contributed by atoms with Crippen molar-refractivity contribution in [2.45, 2.75) is 13.5 Å². The van der Waals surface area contributed by atoms with Crippen LogP contribution in [-0.4, -0.2) is 27.6 Å². The molecular weight excluding hydrogens is 401 g/mol. The zero-order valence-electron chi connectivity index (χ0n) is 17.3. The van der Waals surface area contributed by atoms with Crippen LogP contribution in [0.1, 0.15) is 21.7 Å². The van der Waals surface area contributed by atoms with Crippen LogP contribution in [0.15, 0.2) is 54.6 Å². The highest BCUT2D eigenvalue weighted by Crippen LogP contribution is 2.24. The zero-order valence-corrected chi connectivity index (χ0v) is 17.3. The van der Waals surface area contributed by atoms with Crippen molar-refractivity contribution in [1.82, 2.24) is 14.5 Å². The van der Waals surface area contributed by atoms with Crippen LogP contribution in [0.25, 0.3) is 11.2 Å². The number of aromatic nitrogens is 3. The van der Waals surface area contributed by atoms with Gasteiger partial charge in [0.05, 0.1) is 12.7 Å². The molecule has 0 bridgehead atoms. The predicted octanol–water partition coefficient (Wildman–Crippen LogP) is 4.57. The monoisotopic (exact) mass is 421 g/mol. The highest BCUT2D eigenvalue weighted by atomic mass is 19.1. The third-order valence-corrected chi connectivity index (χ3v) is 4.69. The third kappa shape index (κ3) is 4.48. The summed E-state index contributed by atoms with van der Waals surface area (Å²) in [5, 5.41) is 0. The smallest absolute Gasteiger partial charge is 0.338 e. The number of benzene rings is 2. The molecule has 0 atom stereocenters. The van der Waals surface area contributed by atoms with Crippen LogP contribution in [-0.2, 0) is 18.4 Å². The first kappa shape index (κ1) is 20.3. The van der Waals surface area contributed by atoms with E-state index in [4.69, 9.17) is 9.47 Å². The number of fused-ring (bicyclic) bond motifs is 1. The van der Waals surface area contributed by atoms with E-state index in [0.717, 1.165) is 11.6 Å². The fourth-order valence-electron chi connectivity index (χ4n) is 3.04. The maximum absolute atomic E-state index is 13.8. The van der Waals surface area contributed by atoms with E-state index >= 15 is 0 Å². The van der Waals surface area contributed by atoms with Gasteiger partial charge in [-0.05, 0) is 37.3 Å². The van der Waals surface area contributed by atoms with Gasteiger partial charge in [0.15, 0.2) is 5.65 Å². The summed E-state index contributed by atoms with van der Waals surface area (Å²) in [6.07, 6.45) is 0. The fraction of sp³-hybridized carbons (Fsp3) is 0.174. The van der Waals surface area contributed by atoms with Crippen molar-refractivity contribution < 1.29 is 23.4 Å². The van der Waals surface area contributed by atoms with E-state index in [0.29, 0.717) is 28.6 Å². The molecule has 7 nitrogen and oxygen atoms in total. The lowest BCUT2D eigenvalue weighted by Gasteiger charge is -2.08. The van der Waals surface area contributed by atoms with Gasteiger partial charge in [-0.1, -0.05) is 17.7 Å². The second kappa shape index (κ2) is 8.43. The molecule has 0 saturated carbocycles. The van der Waals surface area contributed by atoms with Crippen LogP contribution in [0, 0.1) is 12.7 Å². The number of methoxy groups -OCH3 is 1. The van der Waals surface area contributed by atoms with Crippen LogP contribution in [0.3, 0.4) is 0 Å². The Balaban J connectivity index is 1.54. The van der Waals surface area contributed by atoms with Crippen molar-refractivity contribution >= 4 is 17.1 Å². The normalized spacial score (nSPS) is 10.8. The van der Waals surface area contributed by atoms with Gasteiger partial charge in [-0.25, -0.2) is 14.2 Å². The Morgan fingerprint density at radius 3 is 2.55 bits per heavy atom. The van der Waals surface area contributed by atoms with Gasteiger partial charge in [-0.2, -0.15) is 4.98 Å². The summed E-state index contributed by atoms with van der Waals surface area (Å²) in [5.41, 5.74) is 2.51. The number of halogens is 1. The van der Waals surface area contributed by atoms with Gasteiger partial charge in [-0.3, -0.25) is 0 Å². The van der Waals surface area contributed by atoms with Crippen molar-refractivity contribution in [2.75, 3.05) is 7.11 Å². The summed E-state index contributed by atoms with van der Waals surface area (Å²) < 4.78 is 31.7. The third-order valence-electron chi connectivity index (χ3n) is 4.69.